The van der Waals surface area contributed by atoms with Crippen LogP contribution in [0, 0.1) is 19.8 Å². The van der Waals surface area contributed by atoms with Gasteiger partial charge in [0.2, 0.25) is 0 Å². The Morgan fingerprint density at radius 1 is 1.16 bits per heavy atom. The molecule has 2 aromatic heterocycles. The van der Waals surface area contributed by atoms with Crippen molar-refractivity contribution in [1.29, 1.82) is 0 Å². The lowest BCUT2D eigenvalue weighted by Gasteiger charge is -2.22. The average molecular weight is 443 g/mol. The maximum absolute atomic E-state index is 12.1. The molecule has 0 radical (unpaired) electrons. The molecule has 0 saturated heterocycles. The number of aryl methyl sites for hydroxylation is 2. The van der Waals surface area contributed by atoms with Gasteiger partial charge in [-0.25, -0.2) is 14.8 Å². The van der Waals surface area contributed by atoms with E-state index in [4.69, 9.17) is 15.5 Å². The molecule has 2 aromatic rings. The number of nitrogens with two attached hydrogens (primary N) is 1. The molecule has 1 unspecified atom stereocenters. The van der Waals surface area contributed by atoms with Crippen molar-refractivity contribution in [3.63, 3.8) is 0 Å². The van der Waals surface area contributed by atoms with Gasteiger partial charge in [0, 0.05) is 30.7 Å². The quantitative estimate of drug-likeness (QED) is 0.512. The number of nitrogens with zero attached hydrogens (tertiary/aromatic N) is 3. The van der Waals surface area contributed by atoms with Crippen molar-refractivity contribution in [1.82, 2.24) is 25.2 Å². The second-order valence-electron chi connectivity index (χ2n) is 9.50. The van der Waals surface area contributed by atoms with Crippen LogP contribution in [0.15, 0.2) is 0 Å². The smallest absolute Gasteiger partial charge is 0.315 e. The Kier molecular flexibility index (Phi) is 7.18. The van der Waals surface area contributed by atoms with E-state index in [1.807, 2.05) is 6.92 Å². The van der Waals surface area contributed by atoms with Crippen LogP contribution >= 0.6 is 0 Å². The fraction of sp³-hybridized carbons (Fsp3) is 0.708. The topological polar surface area (TPSA) is 107 Å². The van der Waals surface area contributed by atoms with Gasteiger partial charge < -0.3 is 25.7 Å². The van der Waals surface area contributed by atoms with Gasteiger partial charge in [-0.1, -0.05) is 26.2 Å². The molecule has 0 spiro atoms. The van der Waals surface area contributed by atoms with Crippen LogP contribution in [-0.4, -0.2) is 46.4 Å². The Hall–Kier alpha value is -2.35. The van der Waals surface area contributed by atoms with Crippen LogP contribution in [0.2, 0.25) is 0 Å². The van der Waals surface area contributed by atoms with Crippen LogP contribution in [0.1, 0.15) is 74.9 Å². The molecule has 2 amide bonds. The van der Waals surface area contributed by atoms with Crippen LogP contribution in [0.4, 0.5) is 10.6 Å². The second kappa shape index (κ2) is 10.1. The molecule has 8 nitrogen and oxygen atoms in total. The first-order valence-corrected chi connectivity index (χ1v) is 12.2. The molecule has 0 aliphatic heterocycles. The lowest BCUT2D eigenvalue weighted by Crippen LogP contribution is -2.43. The number of nitrogens with one attached hydrogen (secondary N) is 2. The largest absolute Gasteiger partial charge is 0.382 e. The van der Waals surface area contributed by atoms with E-state index >= 15 is 0 Å². The Morgan fingerprint density at radius 3 is 2.62 bits per heavy atom. The molecule has 2 heterocycles. The van der Waals surface area contributed by atoms with E-state index in [1.54, 1.807) is 0 Å². The lowest BCUT2D eigenvalue weighted by atomic mass is 9.96. The number of imidazole rings is 1. The molecule has 2 saturated carbocycles. The van der Waals surface area contributed by atoms with Crippen LogP contribution < -0.4 is 16.4 Å². The molecule has 0 bridgehead atoms. The van der Waals surface area contributed by atoms with E-state index < -0.39 is 0 Å². The Morgan fingerprint density at radius 2 is 1.91 bits per heavy atom. The number of carbonyl (C=O) groups excluding carboxylic acids is 1. The minimum absolute atomic E-state index is 0.0873. The third-order valence-corrected chi connectivity index (χ3v) is 7.09. The van der Waals surface area contributed by atoms with E-state index in [0.717, 1.165) is 41.0 Å². The maximum Gasteiger partial charge on any atom is 0.315 e. The summed E-state index contributed by atoms with van der Waals surface area (Å²) in [6, 6.07) is 0.232. The van der Waals surface area contributed by atoms with Crippen molar-refractivity contribution in [2.24, 2.45) is 5.92 Å². The van der Waals surface area contributed by atoms with Crippen LogP contribution in [0.25, 0.3) is 11.0 Å². The number of rotatable bonds is 9. The van der Waals surface area contributed by atoms with E-state index in [2.05, 4.69) is 34.0 Å². The van der Waals surface area contributed by atoms with Crippen molar-refractivity contribution >= 4 is 22.9 Å². The van der Waals surface area contributed by atoms with Gasteiger partial charge in [-0.15, -0.1) is 0 Å². The summed E-state index contributed by atoms with van der Waals surface area (Å²) in [5, 5.41) is 5.98. The fourth-order valence-electron chi connectivity index (χ4n) is 4.88. The zero-order valence-electron chi connectivity index (χ0n) is 19.7. The monoisotopic (exact) mass is 442 g/mol. The molecular weight excluding hydrogens is 404 g/mol. The number of carbonyl (C=O) groups is 1. The van der Waals surface area contributed by atoms with Gasteiger partial charge in [0.1, 0.15) is 11.3 Å². The minimum atomic E-state index is -0.0873. The molecular formula is C24H38N6O2. The van der Waals surface area contributed by atoms with Crippen LogP contribution in [0.5, 0.6) is 0 Å². The second-order valence-corrected chi connectivity index (χ2v) is 9.50. The van der Waals surface area contributed by atoms with E-state index in [-0.39, 0.29) is 6.03 Å². The summed E-state index contributed by atoms with van der Waals surface area (Å²) in [5.74, 6) is 2.68. The number of amides is 2. The van der Waals surface area contributed by atoms with Gasteiger partial charge in [-0.3, -0.25) is 0 Å². The van der Waals surface area contributed by atoms with Crippen molar-refractivity contribution in [2.75, 3.05) is 25.5 Å². The highest BCUT2D eigenvalue weighted by Crippen LogP contribution is 2.43. The number of pyridine rings is 1. The molecule has 4 rings (SSSR count). The van der Waals surface area contributed by atoms with Crippen molar-refractivity contribution < 1.29 is 9.53 Å². The third kappa shape index (κ3) is 5.17. The lowest BCUT2D eigenvalue weighted by molar-refractivity contribution is 0.128. The van der Waals surface area contributed by atoms with Gasteiger partial charge >= 0.3 is 6.03 Å². The standard InChI is InChI=1S/C24H38N6O2/c1-15-17(3)27-22(25)20-21(15)30(23(29-20)16(2)18-9-10-18)12-14-32-13-11-26-24(31)28-19-7-5-4-6-8-19/h16,18-19H,4-14H2,1-3H3,(H2,25,27)(H2,26,28,31). The highest BCUT2D eigenvalue weighted by Gasteiger charge is 2.33. The Bertz CT molecular complexity index is 946. The maximum atomic E-state index is 12.1. The Labute approximate surface area is 190 Å². The number of urea groups is 1. The van der Waals surface area contributed by atoms with Gasteiger partial charge in [0.25, 0.3) is 0 Å². The summed E-state index contributed by atoms with van der Waals surface area (Å²) in [6.45, 7) is 8.60. The van der Waals surface area contributed by atoms with E-state index in [9.17, 15) is 4.79 Å². The summed E-state index contributed by atoms with van der Waals surface area (Å²) in [7, 11) is 0. The van der Waals surface area contributed by atoms with Crippen LogP contribution in [-0.2, 0) is 11.3 Å². The molecule has 2 aliphatic rings. The van der Waals surface area contributed by atoms with Gasteiger partial charge in [-0.05, 0) is 51.0 Å². The summed E-state index contributed by atoms with van der Waals surface area (Å²) >= 11 is 0. The van der Waals surface area contributed by atoms with Crippen molar-refractivity contribution in [3.05, 3.63) is 17.1 Å². The zero-order valence-corrected chi connectivity index (χ0v) is 19.7. The minimum Gasteiger partial charge on any atom is -0.382 e. The van der Waals surface area contributed by atoms with Gasteiger partial charge in [0.15, 0.2) is 5.82 Å². The molecule has 8 heteroatoms. The molecule has 0 aromatic carbocycles. The number of hydrogen-bond donors (Lipinski definition) is 3. The SMILES string of the molecule is Cc1nc(N)c2nc(C(C)C3CC3)n(CCOCCNC(=O)NC3CCCCC3)c2c1C. The van der Waals surface area contributed by atoms with E-state index in [0.29, 0.717) is 50.0 Å². The summed E-state index contributed by atoms with van der Waals surface area (Å²) < 4.78 is 8.15. The molecule has 176 valence electrons. The number of hydrogen-bond acceptors (Lipinski definition) is 5. The Balaban J connectivity index is 1.32. The van der Waals surface area contributed by atoms with E-state index in [1.165, 1.54) is 32.1 Å². The van der Waals surface area contributed by atoms with Gasteiger partial charge in [-0.2, -0.15) is 0 Å². The van der Waals surface area contributed by atoms with Crippen LogP contribution in [0.3, 0.4) is 0 Å². The predicted molar refractivity (Wildman–Crippen MR) is 127 cm³/mol. The molecule has 2 fully saturated rings. The molecule has 4 N–H and O–H groups in total. The number of ether oxygens (including phenoxy) is 1. The first kappa shape index (κ1) is 22.8. The number of fused-ring (bicyclic) bond motifs is 1. The summed E-state index contributed by atoms with van der Waals surface area (Å²) in [6.07, 6.45) is 8.40. The van der Waals surface area contributed by atoms with Crippen molar-refractivity contribution in [3.8, 4) is 0 Å². The van der Waals surface area contributed by atoms with Crippen molar-refractivity contribution in [2.45, 2.75) is 84.2 Å². The first-order valence-electron chi connectivity index (χ1n) is 12.2. The fourth-order valence-corrected chi connectivity index (χ4v) is 4.88. The normalized spacial score (nSPS) is 18.1. The highest BCUT2D eigenvalue weighted by atomic mass is 16.5. The summed E-state index contributed by atoms with van der Waals surface area (Å²) in [5.41, 5.74) is 10.2. The number of aromatic nitrogens is 3. The molecule has 2 aliphatic carbocycles. The number of anilines is 1. The summed E-state index contributed by atoms with van der Waals surface area (Å²) in [4.78, 5) is 21.5. The first-order chi connectivity index (χ1) is 15.5. The zero-order chi connectivity index (χ0) is 22.7. The molecule has 32 heavy (non-hydrogen) atoms. The third-order valence-electron chi connectivity index (χ3n) is 7.09. The van der Waals surface area contributed by atoms with Gasteiger partial charge in [0.05, 0.1) is 18.7 Å². The number of nitrogen functional groups attached to an aromatic ring is 1. The predicted octanol–water partition coefficient (Wildman–Crippen LogP) is 3.79. The highest BCUT2D eigenvalue weighted by molar-refractivity contribution is 5.88. The average Bonchev–Trinajstić information content (AvgIpc) is 3.55. The molecule has 1 atom stereocenters.